The molecule has 0 saturated carbocycles. The van der Waals surface area contributed by atoms with Gasteiger partial charge in [-0.2, -0.15) is 0 Å². The highest BCUT2D eigenvalue weighted by atomic mass is 35.5. The standard InChI is InChI=1S/C15H9Cl2FN2/c1-8-12(18)6-5-11-13(8)19-15(20-14(11)17)9-3-2-4-10(16)7-9/h2-7H,1H3. The molecule has 0 aliphatic carbocycles. The molecule has 2 nitrogen and oxygen atoms in total. The Kier molecular flexibility index (Phi) is 3.32. The maximum Gasteiger partial charge on any atom is 0.161 e. The molecular formula is C15H9Cl2FN2. The van der Waals surface area contributed by atoms with Crippen LogP contribution in [-0.2, 0) is 0 Å². The van der Waals surface area contributed by atoms with Crippen LogP contribution in [0.4, 0.5) is 4.39 Å². The summed E-state index contributed by atoms with van der Waals surface area (Å²) < 4.78 is 13.7. The maximum atomic E-state index is 13.7. The second-order valence-corrected chi connectivity index (χ2v) is 5.21. The Balaban J connectivity index is 2.31. The molecule has 0 N–H and O–H groups in total. The van der Waals surface area contributed by atoms with Gasteiger partial charge in [0.1, 0.15) is 11.0 Å². The van der Waals surface area contributed by atoms with Gasteiger partial charge in [0.25, 0.3) is 0 Å². The van der Waals surface area contributed by atoms with Gasteiger partial charge in [-0.25, -0.2) is 14.4 Å². The van der Waals surface area contributed by atoms with Gasteiger partial charge in [0.05, 0.1) is 5.52 Å². The molecule has 0 aliphatic heterocycles. The van der Waals surface area contributed by atoms with E-state index < -0.39 is 0 Å². The number of aryl methyl sites for hydroxylation is 1. The topological polar surface area (TPSA) is 25.8 Å². The van der Waals surface area contributed by atoms with Crippen molar-refractivity contribution in [3.63, 3.8) is 0 Å². The van der Waals surface area contributed by atoms with Gasteiger partial charge in [0, 0.05) is 21.5 Å². The van der Waals surface area contributed by atoms with Crippen LogP contribution in [0.3, 0.4) is 0 Å². The lowest BCUT2D eigenvalue weighted by molar-refractivity contribution is 0.620. The molecule has 0 fully saturated rings. The zero-order valence-corrected chi connectivity index (χ0v) is 12.0. The fraction of sp³-hybridized carbons (Fsp3) is 0.0667. The highest BCUT2D eigenvalue weighted by molar-refractivity contribution is 6.34. The third kappa shape index (κ3) is 2.23. The van der Waals surface area contributed by atoms with Crippen molar-refractivity contribution in [1.29, 1.82) is 0 Å². The molecule has 0 amide bonds. The van der Waals surface area contributed by atoms with E-state index in [0.29, 0.717) is 32.5 Å². The average Bonchev–Trinajstić information content (AvgIpc) is 2.43. The quantitative estimate of drug-likeness (QED) is 0.588. The van der Waals surface area contributed by atoms with Crippen molar-refractivity contribution in [3.8, 4) is 11.4 Å². The Labute approximate surface area is 125 Å². The summed E-state index contributed by atoms with van der Waals surface area (Å²) in [7, 11) is 0. The van der Waals surface area contributed by atoms with Crippen molar-refractivity contribution in [3.05, 3.63) is 58.0 Å². The number of hydrogen-bond acceptors (Lipinski definition) is 2. The fourth-order valence-electron chi connectivity index (χ4n) is 2.03. The van der Waals surface area contributed by atoms with Crippen molar-refractivity contribution >= 4 is 34.1 Å². The first-order chi connectivity index (χ1) is 9.56. The second kappa shape index (κ2) is 5.00. The van der Waals surface area contributed by atoms with Gasteiger partial charge >= 0.3 is 0 Å². The molecule has 3 aromatic rings. The van der Waals surface area contributed by atoms with Crippen LogP contribution in [0.15, 0.2) is 36.4 Å². The van der Waals surface area contributed by atoms with E-state index in [2.05, 4.69) is 9.97 Å². The number of nitrogens with zero attached hydrogens (tertiary/aromatic N) is 2. The molecule has 0 bridgehead atoms. The number of aromatic nitrogens is 2. The lowest BCUT2D eigenvalue weighted by Gasteiger charge is -2.07. The van der Waals surface area contributed by atoms with E-state index in [1.807, 2.05) is 6.07 Å². The van der Waals surface area contributed by atoms with Crippen molar-refractivity contribution in [2.75, 3.05) is 0 Å². The van der Waals surface area contributed by atoms with E-state index in [-0.39, 0.29) is 5.82 Å². The number of hydrogen-bond donors (Lipinski definition) is 0. The molecule has 2 aromatic carbocycles. The van der Waals surface area contributed by atoms with Gasteiger partial charge < -0.3 is 0 Å². The number of rotatable bonds is 1. The van der Waals surface area contributed by atoms with E-state index >= 15 is 0 Å². The van der Waals surface area contributed by atoms with E-state index in [0.717, 1.165) is 5.56 Å². The Bertz CT molecular complexity index is 818. The summed E-state index contributed by atoms with van der Waals surface area (Å²) in [4.78, 5) is 8.67. The molecule has 0 atom stereocenters. The Morgan fingerprint density at radius 1 is 1.05 bits per heavy atom. The van der Waals surface area contributed by atoms with Crippen LogP contribution in [0.1, 0.15) is 5.56 Å². The predicted molar refractivity (Wildman–Crippen MR) is 79.7 cm³/mol. The minimum atomic E-state index is -0.315. The van der Waals surface area contributed by atoms with Crippen LogP contribution in [0.2, 0.25) is 10.2 Å². The first-order valence-electron chi connectivity index (χ1n) is 5.94. The number of halogens is 3. The minimum Gasteiger partial charge on any atom is -0.228 e. The monoisotopic (exact) mass is 306 g/mol. The van der Waals surface area contributed by atoms with Crippen molar-refractivity contribution in [1.82, 2.24) is 9.97 Å². The third-order valence-electron chi connectivity index (χ3n) is 3.09. The summed E-state index contributed by atoms with van der Waals surface area (Å²) in [5.41, 5.74) is 1.71. The van der Waals surface area contributed by atoms with Gasteiger partial charge in [-0.15, -0.1) is 0 Å². The summed E-state index contributed by atoms with van der Waals surface area (Å²) in [6, 6.07) is 10.1. The lowest BCUT2D eigenvalue weighted by atomic mass is 10.1. The molecular weight excluding hydrogens is 298 g/mol. The van der Waals surface area contributed by atoms with Gasteiger partial charge in [0.15, 0.2) is 5.82 Å². The molecule has 20 heavy (non-hydrogen) atoms. The highest BCUT2D eigenvalue weighted by Gasteiger charge is 2.12. The highest BCUT2D eigenvalue weighted by Crippen LogP contribution is 2.28. The van der Waals surface area contributed by atoms with Gasteiger partial charge in [-0.05, 0) is 31.2 Å². The lowest BCUT2D eigenvalue weighted by Crippen LogP contribution is -1.95. The Morgan fingerprint density at radius 2 is 1.85 bits per heavy atom. The molecule has 0 saturated heterocycles. The van der Waals surface area contributed by atoms with E-state index in [1.165, 1.54) is 6.07 Å². The summed E-state index contributed by atoms with van der Waals surface area (Å²) in [5, 5.41) is 1.52. The zero-order valence-electron chi connectivity index (χ0n) is 10.5. The minimum absolute atomic E-state index is 0.299. The summed E-state index contributed by atoms with van der Waals surface area (Å²) in [6.07, 6.45) is 0. The van der Waals surface area contributed by atoms with E-state index in [4.69, 9.17) is 23.2 Å². The van der Waals surface area contributed by atoms with Crippen molar-refractivity contribution < 1.29 is 4.39 Å². The molecule has 1 aromatic heterocycles. The third-order valence-corrected chi connectivity index (χ3v) is 3.61. The molecule has 0 spiro atoms. The van der Waals surface area contributed by atoms with Crippen LogP contribution in [0, 0.1) is 12.7 Å². The largest absolute Gasteiger partial charge is 0.228 e. The number of fused-ring (bicyclic) bond motifs is 1. The van der Waals surface area contributed by atoms with Gasteiger partial charge in [-0.1, -0.05) is 35.3 Å². The SMILES string of the molecule is Cc1c(F)ccc2c(Cl)nc(-c3cccc(Cl)c3)nc12. The summed E-state index contributed by atoms with van der Waals surface area (Å²) in [5.74, 6) is 0.114. The Hall–Kier alpha value is -1.71. The molecule has 3 rings (SSSR count). The molecule has 5 heteroatoms. The Morgan fingerprint density at radius 3 is 2.60 bits per heavy atom. The normalized spacial score (nSPS) is 11.0. The van der Waals surface area contributed by atoms with E-state index in [9.17, 15) is 4.39 Å². The smallest absolute Gasteiger partial charge is 0.161 e. The van der Waals surface area contributed by atoms with Crippen LogP contribution in [-0.4, -0.2) is 9.97 Å². The average molecular weight is 307 g/mol. The van der Waals surface area contributed by atoms with Crippen LogP contribution in [0.25, 0.3) is 22.3 Å². The summed E-state index contributed by atoms with van der Waals surface area (Å²) in [6.45, 7) is 1.67. The van der Waals surface area contributed by atoms with E-state index in [1.54, 1.807) is 31.2 Å². The van der Waals surface area contributed by atoms with Gasteiger partial charge in [-0.3, -0.25) is 0 Å². The predicted octanol–water partition coefficient (Wildman–Crippen LogP) is 5.05. The molecule has 1 heterocycles. The first kappa shape index (κ1) is 13.3. The van der Waals surface area contributed by atoms with Crippen molar-refractivity contribution in [2.45, 2.75) is 6.92 Å². The van der Waals surface area contributed by atoms with Crippen LogP contribution < -0.4 is 0 Å². The summed E-state index contributed by atoms with van der Waals surface area (Å²) >= 11 is 12.1. The zero-order chi connectivity index (χ0) is 14.3. The first-order valence-corrected chi connectivity index (χ1v) is 6.70. The fourth-order valence-corrected chi connectivity index (χ4v) is 2.45. The van der Waals surface area contributed by atoms with Gasteiger partial charge in [0.2, 0.25) is 0 Å². The maximum absolute atomic E-state index is 13.7. The second-order valence-electron chi connectivity index (χ2n) is 4.42. The molecule has 0 unspecified atom stereocenters. The number of benzene rings is 2. The van der Waals surface area contributed by atoms with Crippen LogP contribution in [0.5, 0.6) is 0 Å². The molecule has 0 radical (unpaired) electrons. The van der Waals surface area contributed by atoms with Crippen LogP contribution >= 0.6 is 23.2 Å². The molecule has 0 aliphatic rings. The van der Waals surface area contributed by atoms with Crippen molar-refractivity contribution in [2.24, 2.45) is 0 Å². The molecule has 100 valence electrons.